The van der Waals surface area contributed by atoms with E-state index >= 15 is 0 Å². The number of rotatable bonds is 3. The second kappa shape index (κ2) is 7.28. The van der Waals surface area contributed by atoms with Crippen molar-refractivity contribution in [3.05, 3.63) is 0 Å². The Morgan fingerprint density at radius 2 is 1.57 bits per heavy atom. The van der Waals surface area contributed by atoms with E-state index in [0.717, 1.165) is 12.7 Å². The van der Waals surface area contributed by atoms with E-state index in [0.29, 0.717) is 5.92 Å². The van der Waals surface area contributed by atoms with Gasteiger partial charge < -0.3 is 4.79 Å². The average molecular weight is 217 g/mol. The third-order valence-electron chi connectivity index (χ3n) is 3.18. The first-order valence-corrected chi connectivity index (χ1v) is 6.36. The monoisotopic (exact) mass is 216 g/mol. The summed E-state index contributed by atoms with van der Waals surface area (Å²) in [6.45, 7) is 0. The third-order valence-corrected chi connectivity index (χ3v) is 3.46. The first-order valence-electron chi connectivity index (χ1n) is 5.92. The number of carbonyl (C=O) groups is 1. The van der Waals surface area contributed by atoms with Crippen LogP contribution in [0.2, 0.25) is 0 Å². The number of alkyl halides is 1. The fourth-order valence-electron chi connectivity index (χ4n) is 2.33. The topological polar surface area (TPSA) is 17.1 Å². The zero-order valence-corrected chi connectivity index (χ0v) is 9.64. The van der Waals surface area contributed by atoms with Gasteiger partial charge in [-0.2, -0.15) is 0 Å². The summed E-state index contributed by atoms with van der Waals surface area (Å²) in [7, 11) is 0. The summed E-state index contributed by atoms with van der Waals surface area (Å²) in [4.78, 5) is 10.5. The van der Waals surface area contributed by atoms with Gasteiger partial charge in [0.25, 0.3) is 0 Å². The molecule has 0 spiro atoms. The fraction of sp³-hybridized carbons (Fsp3) is 0.917. The van der Waals surface area contributed by atoms with Crippen LogP contribution in [-0.2, 0) is 4.79 Å². The molecule has 14 heavy (non-hydrogen) atoms. The molecule has 1 rings (SSSR count). The first-order chi connectivity index (χ1) is 6.83. The van der Waals surface area contributed by atoms with Gasteiger partial charge in [0.2, 0.25) is 0 Å². The lowest BCUT2D eigenvalue weighted by Gasteiger charge is -2.16. The first kappa shape index (κ1) is 12.0. The van der Waals surface area contributed by atoms with Crippen molar-refractivity contribution in [3.63, 3.8) is 0 Å². The molecule has 1 saturated carbocycles. The molecule has 1 unspecified atom stereocenters. The quantitative estimate of drug-likeness (QED) is 0.516. The van der Waals surface area contributed by atoms with Crippen LogP contribution in [0.1, 0.15) is 57.8 Å². The summed E-state index contributed by atoms with van der Waals surface area (Å²) in [6, 6.07) is 0. The Morgan fingerprint density at radius 1 is 1.07 bits per heavy atom. The van der Waals surface area contributed by atoms with E-state index in [2.05, 4.69) is 0 Å². The molecule has 1 fully saturated rings. The summed E-state index contributed by atoms with van der Waals surface area (Å²) >= 11 is 5.87. The maximum Gasteiger partial charge on any atom is 0.137 e. The lowest BCUT2D eigenvalue weighted by Crippen LogP contribution is -2.10. The third kappa shape index (κ3) is 4.99. The Labute approximate surface area is 92.2 Å². The van der Waals surface area contributed by atoms with Gasteiger partial charge in [0, 0.05) is 0 Å². The molecule has 0 aromatic heterocycles. The van der Waals surface area contributed by atoms with E-state index in [-0.39, 0.29) is 5.38 Å². The van der Waals surface area contributed by atoms with Crippen LogP contribution in [0.5, 0.6) is 0 Å². The Balaban J connectivity index is 2.28. The highest BCUT2D eigenvalue weighted by atomic mass is 35.5. The van der Waals surface area contributed by atoms with E-state index in [1.165, 1.54) is 51.4 Å². The second-order valence-corrected chi connectivity index (χ2v) is 5.01. The standard InChI is InChI=1S/C12H21ClO/c13-12(10-14)9-11-7-5-3-1-2-4-6-8-11/h10-12H,1-9H2. The summed E-state index contributed by atoms with van der Waals surface area (Å²) in [6.07, 6.45) is 12.5. The molecule has 0 N–H and O–H groups in total. The average Bonchev–Trinajstić information content (AvgIpc) is 2.31. The largest absolute Gasteiger partial charge is 0.302 e. The number of carbonyl (C=O) groups excluding carboxylic acids is 1. The zero-order chi connectivity index (χ0) is 10.2. The molecule has 82 valence electrons. The number of halogens is 1. The molecule has 1 aliphatic carbocycles. The van der Waals surface area contributed by atoms with Crippen molar-refractivity contribution in [1.29, 1.82) is 0 Å². The summed E-state index contributed by atoms with van der Waals surface area (Å²) in [5.74, 6) is 0.695. The Bertz CT molecular complexity index is 148. The van der Waals surface area contributed by atoms with Crippen LogP contribution in [0.25, 0.3) is 0 Å². The van der Waals surface area contributed by atoms with Gasteiger partial charge in [-0.1, -0.05) is 51.4 Å². The highest BCUT2D eigenvalue weighted by Gasteiger charge is 2.14. The minimum Gasteiger partial charge on any atom is -0.302 e. The second-order valence-electron chi connectivity index (χ2n) is 4.45. The van der Waals surface area contributed by atoms with Crippen LogP contribution in [0.3, 0.4) is 0 Å². The Morgan fingerprint density at radius 3 is 2.07 bits per heavy atom. The predicted octanol–water partition coefficient (Wildman–Crippen LogP) is 3.93. The molecule has 0 aromatic rings. The number of hydrogen-bond donors (Lipinski definition) is 0. The van der Waals surface area contributed by atoms with E-state index in [1.54, 1.807) is 0 Å². The van der Waals surface area contributed by atoms with Crippen LogP contribution >= 0.6 is 11.6 Å². The predicted molar refractivity (Wildman–Crippen MR) is 60.7 cm³/mol. The van der Waals surface area contributed by atoms with Crippen LogP contribution in [0, 0.1) is 5.92 Å². The van der Waals surface area contributed by atoms with Gasteiger partial charge in [-0.05, 0) is 12.3 Å². The van der Waals surface area contributed by atoms with E-state index in [1.807, 2.05) is 0 Å². The molecule has 1 aliphatic rings. The fourth-order valence-corrected chi connectivity index (χ4v) is 2.58. The number of aldehydes is 1. The minimum atomic E-state index is -0.249. The minimum absolute atomic E-state index is 0.249. The zero-order valence-electron chi connectivity index (χ0n) is 8.88. The van der Waals surface area contributed by atoms with Crippen molar-refractivity contribution in [1.82, 2.24) is 0 Å². The van der Waals surface area contributed by atoms with Gasteiger partial charge in [0.15, 0.2) is 0 Å². The molecular weight excluding hydrogens is 196 g/mol. The summed E-state index contributed by atoms with van der Waals surface area (Å²) < 4.78 is 0. The smallest absolute Gasteiger partial charge is 0.137 e. The van der Waals surface area contributed by atoms with Crippen molar-refractivity contribution in [3.8, 4) is 0 Å². The van der Waals surface area contributed by atoms with Crippen molar-refractivity contribution in [2.45, 2.75) is 63.2 Å². The van der Waals surface area contributed by atoms with Crippen molar-refractivity contribution < 1.29 is 4.79 Å². The van der Waals surface area contributed by atoms with E-state index in [9.17, 15) is 4.79 Å². The molecule has 0 aliphatic heterocycles. The molecule has 0 aromatic carbocycles. The molecule has 0 saturated heterocycles. The Hall–Kier alpha value is -0.0400. The maximum absolute atomic E-state index is 10.5. The van der Waals surface area contributed by atoms with Gasteiger partial charge in [-0.25, -0.2) is 0 Å². The maximum atomic E-state index is 10.5. The van der Waals surface area contributed by atoms with Crippen LogP contribution in [-0.4, -0.2) is 11.7 Å². The van der Waals surface area contributed by atoms with Crippen molar-refractivity contribution in [2.24, 2.45) is 5.92 Å². The van der Waals surface area contributed by atoms with E-state index < -0.39 is 0 Å². The van der Waals surface area contributed by atoms with Gasteiger partial charge in [-0.15, -0.1) is 11.6 Å². The molecular formula is C12H21ClO. The molecule has 2 heteroatoms. The SMILES string of the molecule is O=CC(Cl)CC1CCCCCCCC1. The van der Waals surface area contributed by atoms with Crippen LogP contribution in [0.15, 0.2) is 0 Å². The van der Waals surface area contributed by atoms with Gasteiger partial charge in [-0.3, -0.25) is 0 Å². The summed E-state index contributed by atoms with van der Waals surface area (Å²) in [5.41, 5.74) is 0. The van der Waals surface area contributed by atoms with Gasteiger partial charge in [0.1, 0.15) is 6.29 Å². The van der Waals surface area contributed by atoms with Crippen LogP contribution in [0.4, 0.5) is 0 Å². The molecule has 0 radical (unpaired) electrons. The highest BCUT2D eigenvalue weighted by Crippen LogP contribution is 2.26. The van der Waals surface area contributed by atoms with Gasteiger partial charge >= 0.3 is 0 Å². The molecule has 0 bridgehead atoms. The van der Waals surface area contributed by atoms with E-state index in [4.69, 9.17) is 11.6 Å². The molecule has 1 atom stereocenters. The van der Waals surface area contributed by atoms with Gasteiger partial charge in [0.05, 0.1) is 5.38 Å². The normalized spacial score (nSPS) is 23.2. The van der Waals surface area contributed by atoms with Crippen molar-refractivity contribution in [2.75, 3.05) is 0 Å². The summed E-state index contributed by atoms with van der Waals surface area (Å²) in [5, 5.41) is -0.249. The number of hydrogen-bond acceptors (Lipinski definition) is 1. The lowest BCUT2D eigenvalue weighted by molar-refractivity contribution is -0.107. The molecule has 0 heterocycles. The lowest BCUT2D eigenvalue weighted by atomic mass is 9.92. The molecule has 1 nitrogen and oxygen atoms in total. The highest BCUT2D eigenvalue weighted by molar-refractivity contribution is 6.27. The molecule has 0 amide bonds. The Kier molecular flexibility index (Phi) is 6.25. The van der Waals surface area contributed by atoms with Crippen LogP contribution < -0.4 is 0 Å². The van der Waals surface area contributed by atoms with Crippen molar-refractivity contribution >= 4 is 17.9 Å².